The van der Waals surface area contributed by atoms with Gasteiger partial charge in [0, 0.05) is 12.2 Å². The molecule has 0 radical (unpaired) electrons. The third-order valence-electron chi connectivity index (χ3n) is 4.79. The van der Waals surface area contributed by atoms with Gasteiger partial charge in [-0.3, -0.25) is 14.6 Å². The molecule has 2 saturated heterocycles. The summed E-state index contributed by atoms with van der Waals surface area (Å²) in [7, 11) is 0. The summed E-state index contributed by atoms with van der Waals surface area (Å²) in [4.78, 5) is 29.1. The number of hydrogen-bond donors (Lipinski definition) is 0. The first-order valence-electron chi connectivity index (χ1n) is 8.27. The molecular weight excluding hydrogens is 335 g/mol. The minimum atomic E-state index is -4.25. The standard InChI is InChI=1S/C17H20F3N3O2/c1-12-15(24)22(16(25)23(12)14-7-3-2-4-8-14)11-21-9-5-6-13(10-21)17(18,19)20/h2-4,7-8,12-13H,5-6,9-11H2,1H3/t12-,13-/m1/s1. The number of halogens is 3. The van der Waals surface area contributed by atoms with Crippen molar-refractivity contribution in [1.82, 2.24) is 9.80 Å². The number of urea groups is 1. The topological polar surface area (TPSA) is 43.9 Å². The first-order valence-corrected chi connectivity index (χ1v) is 8.27. The summed E-state index contributed by atoms with van der Waals surface area (Å²) >= 11 is 0. The van der Waals surface area contributed by atoms with Gasteiger partial charge in [-0.05, 0) is 38.4 Å². The smallest absolute Gasteiger partial charge is 0.285 e. The van der Waals surface area contributed by atoms with E-state index >= 15 is 0 Å². The summed E-state index contributed by atoms with van der Waals surface area (Å²) < 4.78 is 38.8. The van der Waals surface area contributed by atoms with Crippen molar-refractivity contribution in [3.8, 4) is 0 Å². The predicted octanol–water partition coefficient (Wildman–Crippen LogP) is 3.08. The van der Waals surface area contributed by atoms with Crippen LogP contribution in [0.15, 0.2) is 30.3 Å². The second-order valence-electron chi connectivity index (χ2n) is 6.53. The minimum absolute atomic E-state index is 0.0917. The van der Waals surface area contributed by atoms with Gasteiger partial charge in [0.15, 0.2) is 0 Å². The fourth-order valence-corrected chi connectivity index (χ4v) is 3.43. The Hall–Kier alpha value is -2.09. The van der Waals surface area contributed by atoms with Crippen molar-refractivity contribution in [2.75, 3.05) is 24.7 Å². The first-order chi connectivity index (χ1) is 11.8. The van der Waals surface area contributed by atoms with Crippen molar-refractivity contribution >= 4 is 17.6 Å². The van der Waals surface area contributed by atoms with E-state index < -0.39 is 24.2 Å². The van der Waals surface area contributed by atoms with Crippen LogP contribution in [0.3, 0.4) is 0 Å². The molecule has 0 aliphatic carbocycles. The first kappa shape index (κ1) is 17.7. The van der Waals surface area contributed by atoms with Crippen LogP contribution in [0.5, 0.6) is 0 Å². The summed E-state index contributed by atoms with van der Waals surface area (Å²) in [6, 6.07) is 7.63. The molecule has 0 spiro atoms. The van der Waals surface area contributed by atoms with E-state index in [2.05, 4.69) is 0 Å². The van der Waals surface area contributed by atoms with Gasteiger partial charge in [-0.15, -0.1) is 0 Å². The number of carbonyl (C=O) groups is 2. The van der Waals surface area contributed by atoms with Crippen LogP contribution < -0.4 is 4.90 Å². The lowest BCUT2D eigenvalue weighted by atomic mass is 9.98. The lowest BCUT2D eigenvalue weighted by molar-refractivity contribution is -0.187. The van der Waals surface area contributed by atoms with Crippen LogP contribution in [0.4, 0.5) is 23.7 Å². The fraction of sp³-hybridized carbons (Fsp3) is 0.529. The summed E-state index contributed by atoms with van der Waals surface area (Å²) in [6.07, 6.45) is -3.76. The lowest BCUT2D eigenvalue weighted by Gasteiger charge is -2.35. The Morgan fingerprint density at radius 1 is 1.16 bits per heavy atom. The molecule has 0 N–H and O–H groups in total. The highest BCUT2D eigenvalue weighted by Gasteiger charge is 2.46. The summed E-state index contributed by atoms with van der Waals surface area (Å²) in [5.74, 6) is -1.79. The van der Waals surface area contributed by atoms with Crippen molar-refractivity contribution in [2.45, 2.75) is 32.0 Å². The molecule has 2 fully saturated rings. The minimum Gasteiger partial charge on any atom is -0.285 e. The van der Waals surface area contributed by atoms with E-state index in [1.165, 1.54) is 4.90 Å². The largest absolute Gasteiger partial charge is 0.393 e. The molecule has 2 heterocycles. The van der Waals surface area contributed by atoms with Crippen molar-refractivity contribution in [3.63, 3.8) is 0 Å². The van der Waals surface area contributed by atoms with E-state index in [4.69, 9.17) is 0 Å². The number of rotatable bonds is 3. The molecule has 8 heteroatoms. The number of amides is 3. The van der Waals surface area contributed by atoms with Crippen LogP contribution in [0.2, 0.25) is 0 Å². The van der Waals surface area contributed by atoms with Crippen molar-refractivity contribution < 1.29 is 22.8 Å². The Labute approximate surface area is 144 Å². The summed E-state index contributed by atoms with van der Waals surface area (Å²) in [5, 5.41) is 0. The molecule has 136 valence electrons. The molecule has 2 atom stereocenters. The number of likely N-dealkylation sites (tertiary alicyclic amines) is 1. The van der Waals surface area contributed by atoms with Crippen LogP contribution in [-0.4, -0.2) is 53.7 Å². The number of para-hydroxylation sites is 1. The molecule has 25 heavy (non-hydrogen) atoms. The van der Waals surface area contributed by atoms with Crippen molar-refractivity contribution in [1.29, 1.82) is 0 Å². The van der Waals surface area contributed by atoms with Gasteiger partial charge in [0.1, 0.15) is 6.04 Å². The molecule has 3 amide bonds. The molecule has 0 unspecified atom stereocenters. The van der Waals surface area contributed by atoms with Crippen LogP contribution in [0.25, 0.3) is 0 Å². The van der Waals surface area contributed by atoms with Crippen LogP contribution in [0.1, 0.15) is 19.8 Å². The molecule has 2 aliphatic heterocycles. The van der Waals surface area contributed by atoms with Gasteiger partial charge < -0.3 is 0 Å². The van der Waals surface area contributed by atoms with Gasteiger partial charge in [-0.25, -0.2) is 9.69 Å². The highest BCUT2D eigenvalue weighted by Crippen LogP contribution is 2.33. The average molecular weight is 355 g/mol. The fourth-order valence-electron chi connectivity index (χ4n) is 3.43. The van der Waals surface area contributed by atoms with E-state index in [0.717, 1.165) is 4.90 Å². The molecule has 1 aromatic rings. The van der Waals surface area contributed by atoms with Gasteiger partial charge in [0.05, 0.1) is 12.6 Å². The highest BCUT2D eigenvalue weighted by molar-refractivity contribution is 6.13. The molecule has 2 aliphatic rings. The molecular formula is C17H20F3N3O2. The second kappa shape index (κ2) is 6.67. The van der Waals surface area contributed by atoms with Gasteiger partial charge >= 0.3 is 12.2 Å². The van der Waals surface area contributed by atoms with Gasteiger partial charge in [0.2, 0.25) is 0 Å². The van der Waals surface area contributed by atoms with Crippen LogP contribution >= 0.6 is 0 Å². The maximum Gasteiger partial charge on any atom is 0.393 e. The Morgan fingerprint density at radius 3 is 2.48 bits per heavy atom. The zero-order valence-corrected chi connectivity index (χ0v) is 13.9. The molecule has 3 rings (SSSR count). The Balaban J connectivity index is 1.73. The second-order valence-corrected chi connectivity index (χ2v) is 6.53. The molecule has 0 saturated carbocycles. The van der Waals surface area contributed by atoms with Crippen molar-refractivity contribution in [2.24, 2.45) is 5.92 Å². The number of benzene rings is 1. The van der Waals surface area contributed by atoms with Gasteiger partial charge in [-0.2, -0.15) is 13.2 Å². The van der Waals surface area contributed by atoms with Crippen molar-refractivity contribution in [3.05, 3.63) is 30.3 Å². The molecule has 0 aromatic heterocycles. The van der Waals surface area contributed by atoms with E-state index in [9.17, 15) is 22.8 Å². The zero-order valence-electron chi connectivity index (χ0n) is 13.9. The number of piperidine rings is 1. The monoisotopic (exact) mass is 355 g/mol. The Kier molecular flexibility index (Phi) is 4.73. The van der Waals surface area contributed by atoms with Gasteiger partial charge in [0.25, 0.3) is 5.91 Å². The number of imide groups is 1. The summed E-state index contributed by atoms with van der Waals surface area (Å²) in [5.41, 5.74) is 0.600. The highest BCUT2D eigenvalue weighted by atomic mass is 19.4. The number of hydrogen-bond acceptors (Lipinski definition) is 3. The third-order valence-corrected chi connectivity index (χ3v) is 4.79. The van der Waals surface area contributed by atoms with Crippen LogP contribution in [-0.2, 0) is 4.79 Å². The summed E-state index contributed by atoms with van der Waals surface area (Å²) in [6.45, 7) is 1.80. The van der Waals surface area contributed by atoms with E-state index in [1.54, 1.807) is 42.2 Å². The number of nitrogens with zero attached hydrogens (tertiary/aromatic N) is 3. The van der Waals surface area contributed by atoms with E-state index in [1.807, 2.05) is 0 Å². The average Bonchev–Trinajstić information content (AvgIpc) is 2.79. The Morgan fingerprint density at radius 2 is 1.84 bits per heavy atom. The predicted molar refractivity (Wildman–Crippen MR) is 85.8 cm³/mol. The number of alkyl halides is 3. The molecule has 5 nitrogen and oxygen atoms in total. The molecule has 1 aromatic carbocycles. The normalized spacial score (nSPS) is 25.8. The van der Waals surface area contributed by atoms with Gasteiger partial charge in [-0.1, -0.05) is 18.2 Å². The SMILES string of the molecule is C[C@@H]1C(=O)N(CN2CCC[C@@H](C(F)(F)F)C2)C(=O)N1c1ccccc1. The number of anilines is 1. The van der Waals surface area contributed by atoms with E-state index in [-0.39, 0.29) is 25.5 Å². The number of carbonyl (C=O) groups excluding carboxylic acids is 2. The Bertz CT molecular complexity index is 650. The maximum atomic E-state index is 12.9. The zero-order chi connectivity index (χ0) is 18.2. The van der Waals surface area contributed by atoms with E-state index in [0.29, 0.717) is 18.7 Å². The third kappa shape index (κ3) is 3.49. The lowest BCUT2D eigenvalue weighted by Crippen LogP contribution is -2.48. The quantitative estimate of drug-likeness (QED) is 0.783. The maximum absolute atomic E-state index is 12.9. The van der Waals surface area contributed by atoms with Crippen LogP contribution in [0, 0.1) is 5.92 Å². The molecule has 0 bridgehead atoms.